The molecule has 1 aliphatic carbocycles. The molecule has 8 nitrogen and oxygen atoms in total. The summed E-state index contributed by atoms with van der Waals surface area (Å²) in [6, 6.07) is 3.81. The average molecular weight is 361 g/mol. The molecule has 1 saturated heterocycles. The molecular weight excluding hydrogens is 334 g/mol. The molecule has 0 bridgehead atoms. The van der Waals surface area contributed by atoms with Crippen molar-refractivity contribution in [2.75, 3.05) is 39.4 Å². The molecule has 0 spiro atoms. The zero-order chi connectivity index (χ0) is 18.1. The highest BCUT2D eigenvalue weighted by Crippen LogP contribution is 2.31. The van der Waals surface area contributed by atoms with E-state index in [0.717, 1.165) is 52.1 Å². The minimum Gasteiger partial charge on any atom is -0.621 e. The van der Waals surface area contributed by atoms with Gasteiger partial charge in [-0.25, -0.2) is 10.2 Å². The zero-order valence-corrected chi connectivity index (χ0v) is 15.2. The predicted molar refractivity (Wildman–Crippen MR) is 98.3 cm³/mol. The Labute approximate surface area is 153 Å². The van der Waals surface area contributed by atoms with E-state index in [1.54, 1.807) is 0 Å². The molecular formula is C18H27N5O3. The summed E-state index contributed by atoms with van der Waals surface area (Å²) in [5.41, 5.74) is 6.09. The van der Waals surface area contributed by atoms with Crippen molar-refractivity contribution >= 4 is 17.3 Å². The Bertz CT molecular complexity index is 690. The lowest BCUT2D eigenvalue weighted by Crippen LogP contribution is -3.24. The fourth-order valence-corrected chi connectivity index (χ4v) is 4.05. The van der Waals surface area contributed by atoms with Gasteiger partial charge in [0.05, 0.1) is 13.2 Å². The topological polar surface area (TPSA) is 91.9 Å². The van der Waals surface area contributed by atoms with Gasteiger partial charge in [-0.2, -0.15) is 5.43 Å². The molecule has 142 valence electrons. The third-order valence-electron chi connectivity index (χ3n) is 5.42. The zero-order valence-electron chi connectivity index (χ0n) is 15.2. The molecule has 2 heterocycles. The van der Waals surface area contributed by atoms with Crippen LogP contribution >= 0.6 is 0 Å². The number of fused-ring (bicyclic) bond motifs is 2. The highest BCUT2D eigenvalue weighted by molar-refractivity contribution is 5.76. The minimum atomic E-state index is -0.214. The van der Waals surface area contributed by atoms with Gasteiger partial charge < -0.3 is 15.2 Å². The fourth-order valence-electron chi connectivity index (χ4n) is 4.05. The van der Waals surface area contributed by atoms with Crippen LogP contribution in [0.4, 0.5) is 11.4 Å². The maximum absolute atomic E-state index is 12.8. The number of hydrogen-bond donors (Lipinski definition) is 3. The van der Waals surface area contributed by atoms with Crippen LogP contribution in [-0.4, -0.2) is 50.3 Å². The summed E-state index contributed by atoms with van der Waals surface area (Å²) in [7, 11) is 0. The normalized spacial score (nSPS) is 30.1. The Hall–Kier alpha value is -1.55. The number of rotatable bonds is 4. The van der Waals surface area contributed by atoms with Gasteiger partial charge in [-0.15, -0.1) is 0 Å². The Morgan fingerprint density at radius 1 is 1.19 bits per heavy atom. The van der Waals surface area contributed by atoms with Crippen molar-refractivity contribution in [3.05, 3.63) is 33.7 Å². The van der Waals surface area contributed by atoms with Gasteiger partial charge in [0, 0.05) is 38.3 Å². The number of nitrogens with one attached hydrogen (secondary N) is 3. The maximum Gasteiger partial charge on any atom is 0.347 e. The number of nitrogens with zero attached hydrogens (tertiary/aromatic N) is 2. The summed E-state index contributed by atoms with van der Waals surface area (Å²) in [5.74, 6) is 0.760. The van der Waals surface area contributed by atoms with Gasteiger partial charge in [0.1, 0.15) is 0 Å². The average Bonchev–Trinajstić information content (AvgIpc) is 3.01. The van der Waals surface area contributed by atoms with Gasteiger partial charge >= 0.3 is 5.96 Å². The van der Waals surface area contributed by atoms with Gasteiger partial charge in [0.2, 0.25) is 11.4 Å². The van der Waals surface area contributed by atoms with Crippen molar-refractivity contribution in [1.82, 2.24) is 10.3 Å². The highest BCUT2D eigenvalue weighted by atomic mass is 16.6. The van der Waals surface area contributed by atoms with Crippen LogP contribution in [0.1, 0.15) is 24.5 Å². The van der Waals surface area contributed by atoms with Crippen LogP contribution < -0.4 is 15.7 Å². The van der Waals surface area contributed by atoms with Crippen LogP contribution in [0.5, 0.6) is 0 Å². The number of benzene rings is 1. The monoisotopic (exact) mass is 361 g/mol. The van der Waals surface area contributed by atoms with Crippen LogP contribution in [0.3, 0.4) is 0 Å². The quantitative estimate of drug-likeness (QED) is 0.475. The number of guanidine groups is 1. The molecule has 2 aliphatic heterocycles. The molecule has 3 unspecified atom stereocenters. The molecule has 1 fully saturated rings. The third-order valence-corrected chi connectivity index (χ3v) is 5.42. The third kappa shape index (κ3) is 3.62. The van der Waals surface area contributed by atoms with Gasteiger partial charge in [0.25, 0.3) is 0 Å². The van der Waals surface area contributed by atoms with Gasteiger partial charge in [-0.1, -0.05) is 6.92 Å². The first kappa shape index (κ1) is 17.8. The molecule has 1 aromatic rings. The second kappa shape index (κ2) is 7.59. The summed E-state index contributed by atoms with van der Waals surface area (Å²) in [4.78, 5) is 6.72. The Morgan fingerprint density at radius 2 is 1.88 bits per heavy atom. The molecule has 1 aromatic carbocycles. The molecule has 0 amide bonds. The second-order valence-corrected chi connectivity index (χ2v) is 7.50. The number of ether oxygens (including phenoxy) is 1. The Morgan fingerprint density at radius 3 is 2.62 bits per heavy atom. The molecule has 3 atom stereocenters. The Balaban J connectivity index is 1.42. The first-order chi connectivity index (χ1) is 12.6. The SMILES string of the molecule is CC1Cc2cc3c(cc2C1)[NH+]([O-])C(=NCCCN1CCOCC1)N[NH+]3[O-]. The first-order valence-electron chi connectivity index (χ1n) is 9.48. The summed E-state index contributed by atoms with van der Waals surface area (Å²) >= 11 is 0. The second-order valence-electron chi connectivity index (χ2n) is 7.50. The van der Waals surface area contributed by atoms with E-state index in [1.807, 2.05) is 12.1 Å². The molecule has 3 aliphatic rings. The first-order valence-corrected chi connectivity index (χ1v) is 9.48. The molecule has 26 heavy (non-hydrogen) atoms. The fraction of sp³-hybridized carbons (Fsp3) is 0.611. The van der Waals surface area contributed by atoms with E-state index < -0.39 is 0 Å². The molecule has 8 heteroatoms. The van der Waals surface area contributed by atoms with E-state index in [1.165, 1.54) is 11.1 Å². The molecule has 3 N–H and O–H groups in total. The van der Waals surface area contributed by atoms with Gasteiger partial charge in [-0.3, -0.25) is 9.96 Å². The largest absolute Gasteiger partial charge is 0.621 e. The number of quaternary nitrogens is 2. The smallest absolute Gasteiger partial charge is 0.347 e. The van der Waals surface area contributed by atoms with Crippen molar-refractivity contribution in [3.8, 4) is 0 Å². The molecule has 4 rings (SSSR count). The van der Waals surface area contributed by atoms with Crippen LogP contribution in [-0.2, 0) is 17.6 Å². The van der Waals surface area contributed by atoms with Crippen molar-refractivity contribution < 1.29 is 15.0 Å². The van der Waals surface area contributed by atoms with Crippen molar-refractivity contribution in [2.45, 2.75) is 26.2 Å². The summed E-state index contributed by atoms with van der Waals surface area (Å²) in [5, 5.41) is 24.8. The summed E-state index contributed by atoms with van der Waals surface area (Å²) in [6.45, 7) is 7.13. The van der Waals surface area contributed by atoms with Crippen molar-refractivity contribution in [2.24, 2.45) is 10.9 Å². The van der Waals surface area contributed by atoms with Crippen LogP contribution in [0, 0.1) is 16.3 Å². The van der Waals surface area contributed by atoms with Crippen LogP contribution in [0.15, 0.2) is 17.1 Å². The lowest BCUT2D eigenvalue weighted by Gasteiger charge is -2.35. The maximum atomic E-state index is 12.8. The molecule has 0 saturated carbocycles. The summed E-state index contributed by atoms with van der Waals surface area (Å²) < 4.78 is 5.34. The van der Waals surface area contributed by atoms with Crippen molar-refractivity contribution in [3.63, 3.8) is 0 Å². The number of aliphatic imine (C=N–C) groups is 1. The van der Waals surface area contributed by atoms with Gasteiger partial charge in [-0.05, 0) is 36.3 Å². The van der Waals surface area contributed by atoms with Crippen LogP contribution in [0.25, 0.3) is 0 Å². The number of hydrogen-bond acceptors (Lipinski definition) is 5. The number of hydroxylamine groups is 1. The molecule has 0 aromatic heterocycles. The Kier molecular flexibility index (Phi) is 5.21. The van der Waals surface area contributed by atoms with E-state index in [-0.39, 0.29) is 16.2 Å². The van der Waals surface area contributed by atoms with Crippen LogP contribution in [0.2, 0.25) is 0 Å². The summed E-state index contributed by atoms with van der Waals surface area (Å²) in [6.07, 6.45) is 2.82. The van der Waals surface area contributed by atoms with E-state index in [4.69, 9.17) is 4.74 Å². The van der Waals surface area contributed by atoms with E-state index >= 15 is 0 Å². The standard InChI is InChI=1S/C18H27N5O3/c1-13-9-14-11-16-17(12-15(14)10-13)23(25)20-18(22(16)24)19-3-2-4-21-5-7-26-8-6-21/h11-13,22-23H,2-10H2,1H3,(H,19,20). The predicted octanol–water partition coefficient (Wildman–Crippen LogP) is -0.954. The lowest BCUT2D eigenvalue weighted by atomic mass is 10.1. The van der Waals surface area contributed by atoms with E-state index in [2.05, 4.69) is 22.2 Å². The number of morpholine rings is 1. The van der Waals surface area contributed by atoms with E-state index in [0.29, 0.717) is 23.8 Å². The lowest BCUT2D eigenvalue weighted by molar-refractivity contribution is -0.851. The minimum absolute atomic E-state index is 0.159. The molecule has 0 radical (unpaired) electrons. The van der Waals surface area contributed by atoms with Gasteiger partial charge in [0.15, 0.2) is 0 Å². The van der Waals surface area contributed by atoms with Crippen molar-refractivity contribution in [1.29, 1.82) is 0 Å². The highest BCUT2D eigenvalue weighted by Gasteiger charge is 2.32. The van der Waals surface area contributed by atoms with E-state index in [9.17, 15) is 10.4 Å².